The zero-order valence-electron chi connectivity index (χ0n) is 19.5. The predicted octanol–water partition coefficient (Wildman–Crippen LogP) is 1.86. The van der Waals surface area contributed by atoms with Crippen LogP contribution in [-0.4, -0.2) is 72.0 Å². The van der Waals surface area contributed by atoms with Crippen LogP contribution >= 0.6 is 0 Å². The molecule has 0 aliphatic carbocycles. The van der Waals surface area contributed by atoms with Crippen LogP contribution in [0.25, 0.3) is 5.70 Å². The first-order valence-corrected chi connectivity index (χ1v) is 11.6. The lowest BCUT2D eigenvalue weighted by atomic mass is 10.1. The number of nitrogens with one attached hydrogen (secondary N) is 2. The number of rotatable bonds is 12. The van der Waals surface area contributed by atoms with Gasteiger partial charge in [0.15, 0.2) is 0 Å². The van der Waals surface area contributed by atoms with Crippen LogP contribution in [0.4, 0.5) is 0 Å². The first-order valence-electron chi connectivity index (χ1n) is 11.6. The van der Waals surface area contributed by atoms with Crippen LogP contribution in [0.1, 0.15) is 51.5 Å². The molecule has 1 aliphatic rings. The number of unbranched alkanes of at least 4 members (excludes halogenated alkanes) is 1. The zero-order valence-corrected chi connectivity index (χ0v) is 19.5. The molecule has 0 atom stereocenters. The monoisotopic (exact) mass is 445 g/mol. The average Bonchev–Trinajstić information content (AvgIpc) is 2.76. The number of carbonyl (C=O) groups excluding carboxylic acids is 2. The van der Waals surface area contributed by atoms with Crippen LogP contribution < -0.4 is 16.4 Å². The van der Waals surface area contributed by atoms with Crippen molar-refractivity contribution in [3.8, 4) is 5.75 Å². The SMILES string of the molecule is CC(C)NC(=O)CN(C(=O)CNCCCCN1CCCCC1)/C(=C\N)c1cccc(O)c1. The Morgan fingerprint density at radius 2 is 1.97 bits per heavy atom. The number of hydrogen-bond donors (Lipinski definition) is 4. The maximum absolute atomic E-state index is 13.0. The Bertz CT molecular complexity index is 760. The van der Waals surface area contributed by atoms with Crippen LogP contribution in [0.15, 0.2) is 30.5 Å². The van der Waals surface area contributed by atoms with Crippen molar-refractivity contribution in [1.29, 1.82) is 0 Å². The highest BCUT2D eigenvalue weighted by Gasteiger charge is 2.22. The minimum Gasteiger partial charge on any atom is -0.508 e. The zero-order chi connectivity index (χ0) is 23.3. The fourth-order valence-corrected chi connectivity index (χ4v) is 3.89. The van der Waals surface area contributed by atoms with Gasteiger partial charge in [-0.15, -0.1) is 0 Å². The largest absolute Gasteiger partial charge is 0.508 e. The van der Waals surface area contributed by atoms with E-state index in [0.29, 0.717) is 11.3 Å². The maximum Gasteiger partial charge on any atom is 0.241 e. The summed E-state index contributed by atoms with van der Waals surface area (Å²) in [5.74, 6) is -0.456. The Morgan fingerprint density at radius 3 is 2.62 bits per heavy atom. The molecule has 0 saturated carbocycles. The van der Waals surface area contributed by atoms with E-state index in [1.807, 2.05) is 13.8 Å². The fraction of sp³-hybridized carbons (Fsp3) is 0.583. The number of piperidine rings is 1. The standard InChI is InChI=1S/C24H39N5O3/c1-19(2)27-23(31)18-29(22(16-25)20-9-8-10-21(30)15-20)24(32)17-26-11-4-7-14-28-12-5-3-6-13-28/h8-10,15-16,19,26,30H,3-7,11-14,17-18,25H2,1-2H3,(H,27,31)/b22-16-. The van der Waals surface area contributed by atoms with Gasteiger partial charge in [-0.25, -0.2) is 0 Å². The van der Waals surface area contributed by atoms with Gasteiger partial charge >= 0.3 is 0 Å². The van der Waals surface area contributed by atoms with Crippen molar-refractivity contribution in [2.75, 3.05) is 39.3 Å². The number of nitrogens with two attached hydrogens (primary N) is 1. The van der Waals surface area contributed by atoms with Crippen LogP contribution in [0, 0.1) is 0 Å². The van der Waals surface area contributed by atoms with E-state index in [0.717, 1.165) is 25.9 Å². The van der Waals surface area contributed by atoms with Gasteiger partial charge in [-0.1, -0.05) is 18.6 Å². The molecule has 32 heavy (non-hydrogen) atoms. The van der Waals surface area contributed by atoms with Gasteiger partial charge in [0.2, 0.25) is 11.8 Å². The number of phenols is 1. The summed E-state index contributed by atoms with van der Waals surface area (Å²) < 4.78 is 0. The summed E-state index contributed by atoms with van der Waals surface area (Å²) in [5.41, 5.74) is 6.80. The molecule has 1 heterocycles. The van der Waals surface area contributed by atoms with Crippen molar-refractivity contribution in [3.05, 3.63) is 36.0 Å². The Labute approximate surface area is 191 Å². The summed E-state index contributed by atoms with van der Waals surface area (Å²) in [6.45, 7) is 7.93. The summed E-state index contributed by atoms with van der Waals surface area (Å²) in [6.07, 6.45) is 7.32. The van der Waals surface area contributed by atoms with Crippen LogP contribution in [0.2, 0.25) is 0 Å². The van der Waals surface area contributed by atoms with E-state index in [1.54, 1.807) is 18.2 Å². The minimum atomic E-state index is -0.269. The van der Waals surface area contributed by atoms with E-state index in [9.17, 15) is 14.7 Å². The van der Waals surface area contributed by atoms with Crippen molar-refractivity contribution >= 4 is 17.5 Å². The Kier molecular flexibility index (Phi) is 11.0. The first-order chi connectivity index (χ1) is 15.4. The molecule has 1 aromatic carbocycles. The average molecular weight is 446 g/mol. The lowest BCUT2D eigenvalue weighted by Crippen LogP contribution is -2.45. The number of nitrogens with zero attached hydrogens (tertiary/aromatic N) is 2. The van der Waals surface area contributed by atoms with Gasteiger partial charge in [-0.3, -0.25) is 14.5 Å². The van der Waals surface area contributed by atoms with Crippen molar-refractivity contribution in [2.45, 2.75) is 52.0 Å². The molecule has 5 N–H and O–H groups in total. The summed E-state index contributed by atoms with van der Waals surface area (Å²) in [7, 11) is 0. The second-order valence-electron chi connectivity index (χ2n) is 8.59. The van der Waals surface area contributed by atoms with E-state index >= 15 is 0 Å². The summed E-state index contributed by atoms with van der Waals surface area (Å²) in [6, 6.07) is 6.44. The lowest BCUT2D eigenvalue weighted by molar-refractivity contribution is -0.132. The number of likely N-dealkylation sites (tertiary alicyclic amines) is 1. The molecule has 2 rings (SSSR count). The van der Waals surface area contributed by atoms with Crippen molar-refractivity contribution in [3.63, 3.8) is 0 Å². The molecule has 0 spiro atoms. The third kappa shape index (κ3) is 8.88. The van der Waals surface area contributed by atoms with E-state index in [4.69, 9.17) is 5.73 Å². The Hall–Kier alpha value is -2.58. The number of amides is 2. The summed E-state index contributed by atoms with van der Waals surface area (Å²) >= 11 is 0. The van der Waals surface area contributed by atoms with Gasteiger partial charge in [-0.05, 0) is 77.8 Å². The Morgan fingerprint density at radius 1 is 1.22 bits per heavy atom. The van der Waals surface area contributed by atoms with E-state index in [1.165, 1.54) is 49.5 Å². The van der Waals surface area contributed by atoms with Crippen molar-refractivity contribution in [1.82, 2.24) is 20.4 Å². The van der Waals surface area contributed by atoms with Gasteiger partial charge < -0.3 is 26.4 Å². The molecule has 1 aliphatic heterocycles. The van der Waals surface area contributed by atoms with Gasteiger partial charge in [0.1, 0.15) is 12.3 Å². The molecular formula is C24H39N5O3. The fourth-order valence-electron chi connectivity index (χ4n) is 3.89. The highest BCUT2D eigenvalue weighted by Crippen LogP contribution is 2.22. The van der Waals surface area contributed by atoms with E-state index < -0.39 is 0 Å². The minimum absolute atomic E-state index is 0.0384. The molecule has 8 nitrogen and oxygen atoms in total. The van der Waals surface area contributed by atoms with Gasteiger partial charge in [-0.2, -0.15) is 0 Å². The molecule has 1 fully saturated rings. The summed E-state index contributed by atoms with van der Waals surface area (Å²) in [5, 5.41) is 15.8. The predicted molar refractivity (Wildman–Crippen MR) is 128 cm³/mol. The highest BCUT2D eigenvalue weighted by molar-refractivity contribution is 5.93. The smallest absolute Gasteiger partial charge is 0.241 e. The van der Waals surface area contributed by atoms with Gasteiger partial charge in [0.05, 0.1) is 12.2 Å². The molecule has 2 amide bonds. The molecule has 178 valence electrons. The molecular weight excluding hydrogens is 406 g/mol. The van der Waals surface area contributed by atoms with Gasteiger partial charge in [0, 0.05) is 17.8 Å². The number of carbonyl (C=O) groups is 2. The molecule has 0 unspecified atom stereocenters. The van der Waals surface area contributed by atoms with Crippen LogP contribution in [0.5, 0.6) is 5.75 Å². The number of phenolic OH excluding ortho intramolecular Hbond substituents is 1. The number of aromatic hydroxyl groups is 1. The lowest BCUT2D eigenvalue weighted by Gasteiger charge is -2.26. The Balaban J connectivity index is 1.92. The number of hydrogen-bond acceptors (Lipinski definition) is 6. The first kappa shape index (κ1) is 25.7. The molecule has 0 radical (unpaired) electrons. The van der Waals surface area contributed by atoms with Crippen LogP contribution in [-0.2, 0) is 9.59 Å². The molecule has 0 bridgehead atoms. The molecule has 8 heteroatoms. The maximum atomic E-state index is 13.0. The highest BCUT2D eigenvalue weighted by atomic mass is 16.3. The third-order valence-corrected chi connectivity index (χ3v) is 5.45. The third-order valence-electron chi connectivity index (χ3n) is 5.45. The van der Waals surface area contributed by atoms with Crippen molar-refractivity contribution < 1.29 is 14.7 Å². The summed E-state index contributed by atoms with van der Waals surface area (Å²) in [4.78, 5) is 29.3. The van der Waals surface area contributed by atoms with Crippen molar-refractivity contribution in [2.24, 2.45) is 5.73 Å². The number of benzene rings is 1. The second-order valence-corrected chi connectivity index (χ2v) is 8.59. The van der Waals surface area contributed by atoms with Gasteiger partial charge in [0.25, 0.3) is 0 Å². The van der Waals surface area contributed by atoms with E-state index in [-0.39, 0.29) is 36.7 Å². The topological polar surface area (TPSA) is 111 Å². The normalized spacial score (nSPS) is 15.0. The molecule has 1 saturated heterocycles. The van der Waals surface area contributed by atoms with E-state index in [2.05, 4.69) is 15.5 Å². The molecule has 1 aromatic rings. The molecule has 0 aromatic heterocycles. The van der Waals surface area contributed by atoms with Crippen LogP contribution in [0.3, 0.4) is 0 Å². The second kappa shape index (κ2) is 13.8. The quantitative estimate of drug-likeness (QED) is 0.366.